The molecule has 3 aliphatic rings. The average Bonchev–Trinajstić information content (AvgIpc) is 3.41. The van der Waals surface area contributed by atoms with Gasteiger partial charge in [-0.15, -0.1) is 0 Å². The smallest absolute Gasteiger partial charge is 0.407 e. The molecule has 0 aromatic heterocycles. The first-order valence-corrected chi connectivity index (χ1v) is 9.79. The third-order valence-corrected chi connectivity index (χ3v) is 6.48. The van der Waals surface area contributed by atoms with Crippen LogP contribution in [0.3, 0.4) is 0 Å². The Morgan fingerprint density at radius 3 is 3.00 bits per heavy atom. The van der Waals surface area contributed by atoms with Crippen molar-refractivity contribution in [2.75, 3.05) is 26.2 Å². The normalized spacial score (nSPS) is 30.9. The molecule has 0 bridgehead atoms. The minimum atomic E-state index is -0.412. The van der Waals surface area contributed by atoms with Gasteiger partial charge in [0.25, 0.3) is 0 Å². The van der Waals surface area contributed by atoms with E-state index in [0.29, 0.717) is 31.4 Å². The Labute approximate surface area is 155 Å². The Hall–Kier alpha value is -2.04. The first-order valence-electron chi connectivity index (χ1n) is 9.79. The molecular weight excluding hydrogens is 328 g/mol. The summed E-state index contributed by atoms with van der Waals surface area (Å²) in [6.07, 6.45) is 2.43. The van der Waals surface area contributed by atoms with Crippen LogP contribution >= 0.6 is 0 Å². The van der Waals surface area contributed by atoms with Crippen molar-refractivity contribution in [2.45, 2.75) is 44.4 Å². The Balaban J connectivity index is 1.42. The molecule has 2 heterocycles. The number of carbonyl (C=O) groups is 2. The Bertz CT molecular complexity index is 717. The highest BCUT2D eigenvalue weighted by molar-refractivity contribution is 5.80. The van der Waals surface area contributed by atoms with Crippen LogP contribution in [0.25, 0.3) is 0 Å². The summed E-state index contributed by atoms with van der Waals surface area (Å²) in [4.78, 5) is 26.2. The first kappa shape index (κ1) is 17.4. The average molecular weight is 356 g/mol. The molecule has 1 aliphatic carbocycles. The third-order valence-electron chi connectivity index (χ3n) is 6.48. The lowest BCUT2D eigenvalue weighted by Crippen LogP contribution is -2.45. The van der Waals surface area contributed by atoms with Crippen molar-refractivity contribution in [1.29, 1.82) is 0 Å². The summed E-state index contributed by atoms with van der Waals surface area (Å²) < 4.78 is 4.98. The summed E-state index contributed by atoms with van der Waals surface area (Å²) in [7, 11) is 0. The van der Waals surface area contributed by atoms with Gasteiger partial charge in [0.15, 0.2) is 0 Å². The van der Waals surface area contributed by atoms with Crippen LogP contribution in [0.4, 0.5) is 4.79 Å². The van der Waals surface area contributed by atoms with Gasteiger partial charge in [0, 0.05) is 25.0 Å². The zero-order chi connectivity index (χ0) is 18.3. The summed E-state index contributed by atoms with van der Waals surface area (Å²) >= 11 is 0. The number of hydrogen-bond acceptors (Lipinski definition) is 3. The molecule has 1 N–H and O–H groups in total. The Morgan fingerprint density at radius 2 is 2.23 bits per heavy atom. The van der Waals surface area contributed by atoms with E-state index in [2.05, 4.69) is 43.4 Å². The molecule has 3 fully saturated rings. The van der Waals surface area contributed by atoms with Crippen molar-refractivity contribution in [3.63, 3.8) is 0 Å². The molecule has 5 heteroatoms. The molecule has 2 aliphatic heterocycles. The largest absolute Gasteiger partial charge is 0.450 e. The van der Waals surface area contributed by atoms with E-state index in [-0.39, 0.29) is 17.2 Å². The van der Waals surface area contributed by atoms with E-state index in [1.807, 2.05) is 4.90 Å². The van der Waals surface area contributed by atoms with Gasteiger partial charge in [0.2, 0.25) is 5.91 Å². The second-order valence-electron chi connectivity index (χ2n) is 8.37. The van der Waals surface area contributed by atoms with Crippen LogP contribution in [-0.2, 0) is 14.9 Å². The highest BCUT2D eigenvalue weighted by Gasteiger charge is 2.58. The van der Waals surface area contributed by atoms with E-state index in [1.165, 1.54) is 17.5 Å². The molecule has 1 aromatic rings. The van der Waals surface area contributed by atoms with E-state index in [9.17, 15) is 9.59 Å². The maximum absolute atomic E-state index is 12.9. The van der Waals surface area contributed by atoms with Gasteiger partial charge in [0.1, 0.15) is 0 Å². The third kappa shape index (κ3) is 3.08. The van der Waals surface area contributed by atoms with Crippen LogP contribution in [0, 0.1) is 11.8 Å². The number of carbonyl (C=O) groups excluding carboxylic acids is 2. The number of nitrogens with zero attached hydrogens (tertiary/aromatic N) is 1. The molecule has 2 amide bonds. The van der Waals surface area contributed by atoms with Gasteiger partial charge >= 0.3 is 6.09 Å². The van der Waals surface area contributed by atoms with E-state index < -0.39 is 6.09 Å². The number of piperidine rings is 1. The van der Waals surface area contributed by atoms with E-state index in [1.54, 1.807) is 0 Å². The molecule has 0 radical (unpaired) electrons. The number of nitrogens with one attached hydrogen (secondary N) is 1. The molecule has 4 rings (SSSR count). The van der Waals surface area contributed by atoms with Gasteiger partial charge < -0.3 is 15.0 Å². The standard InChI is InChI=1S/C21H28N2O3/c1-14(2)15-4-3-5-17(10-15)21-7-8-23(13-18(21)11-21)19(24)16-6-9-26-20(25)22-12-16/h3-5,10,14,16,18H,6-9,11-13H2,1-2H3,(H,22,25)/t16-,18?,21?/m1/s1. The van der Waals surface area contributed by atoms with Crippen LogP contribution in [0.15, 0.2) is 24.3 Å². The number of fused-ring (bicyclic) bond motifs is 1. The van der Waals surface area contributed by atoms with Gasteiger partial charge in [-0.3, -0.25) is 4.79 Å². The topological polar surface area (TPSA) is 58.6 Å². The number of hydrogen-bond donors (Lipinski definition) is 1. The van der Waals surface area contributed by atoms with Crippen molar-refractivity contribution in [3.8, 4) is 0 Å². The van der Waals surface area contributed by atoms with E-state index >= 15 is 0 Å². The zero-order valence-electron chi connectivity index (χ0n) is 15.7. The molecule has 2 saturated heterocycles. The van der Waals surface area contributed by atoms with Gasteiger partial charge in [-0.25, -0.2) is 4.79 Å². The zero-order valence-corrected chi connectivity index (χ0v) is 15.7. The predicted molar refractivity (Wildman–Crippen MR) is 99.0 cm³/mol. The predicted octanol–water partition coefficient (Wildman–Crippen LogP) is 3.05. The molecule has 3 atom stereocenters. The monoisotopic (exact) mass is 356 g/mol. The molecule has 140 valence electrons. The molecule has 0 spiro atoms. The lowest BCUT2D eigenvalue weighted by Gasteiger charge is -2.34. The summed E-state index contributed by atoms with van der Waals surface area (Å²) in [6.45, 7) is 6.84. The fraction of sp³-hybridized carbons (Fsp3) is 0.619. The SMILES string of the molecule is CC(C)c1cccc(C23CCN(C(=O)[C@@H]4CCOC(=O)NC4)CC2C3)c1. The maximum Gasteiger partial charge on any atom is 0.407 e. The van der Waals surface area contributed by atoms with Crippen molar-refractivity contribution >= 4 is 12.0 Å². The van der Waals surface area contributed by atoms with Crippen molar-refractivity contribution in [3.05, 3.63) is 35.4 Å². The van der Waals surface area contributed by atoms with Crippen molar-refractivity contribution in [1.82, 2.24) is 10.2 Å². The number of alkyl carbamates (subject to hydrolysis) is 1. The minimum Gasteiger partial charge on any atom is -0.450 e. The second-order valence-corrected chi connectivity index (χ2v) is 8.37. The highest BCUT2D eigenvalue weighted by Crippen LogP contribution is 2.59. The second kappa shape index (κ2) is 6.60. The van der Waals surface area contributed by atoms with Crippen LogP contribution in [0.2, 0.25) is 0 Å². The van der Waals surface area contributed by atoms with Gasteiger partial charge in [-0.1, -0.05) is 38.1 Å². The highest BCUT2D eigenvalue weighted by atomic mass is 16.5. The number of amides is 2. The van der Waals surface area contributed by atoms with Crippen molar-refractivity contribution in [2.24, 2.45) is 11.8 Å². The van der Waals surface area contributed by atoms with Crippen LogP contribution in [-0.4, -0.2) is 43.1 Å². The van der Waals surface area contributed by atoms with E-state index in [4.69, 9.17) is 4.74 Å². The molecule has 5 nitrogen and oxygen atoms in total. The first-order chi connectivity index (χ1) is 12.5. The molecule has 1 saturated carbocycles. The fourth-order valence-corrected chi connectivity index (χ4v) is 4.65. The number of cyclic esters (lactones) is 1. The molecule has 26 heavy (non-hydrogen) atoms. The number of ether oxygens (including phenoxy) is 1. The van der Waals surface area contributed by atoms with E-state index in [0.717, 1.165) is 19.5 Å². The van der Waals surface area contributed by atoms with Crippen molar-refractivity contribution < 1.29 is 14.3 Å². The summed E-state index contributed by atoms with van der Waals surface area (Å²) in [6, 6.07) is 9.03. The molecule has 1 aromatic carbocycles. The summed E-state index contributed by atoms with van der Waals surface area (Å²) in [5.74, 6) is 1.13. The minimum absolute atomic E-state index is 0.156. The van der Waals surface area contributed by atoms with Gasteiger partial charge in [-0.05, 0) is 42.2 Å². The summed E-state index contributed by atoms with van der Waals surface area (Å²) in [5, 5.41) is 2.68. The lowest BCUT2D eigenvalue weighted by molar-refractivity contribution is -0.136. The fourth-order valence-electron chi connectivity index (χ4n) is 4.65. The Morgan fingerprint density at radius 1 is 1.38 bits per heavy atom. The Kier molecular flexibility index (Phi) is 4.41. The maximum atomic E-state index is 12.9. The van der Waals surface area contributed by atoms with Crippen LogP contribution < -0.4 is 5.32 Å². The number of benzene rings is 1. The van der Waals surface area contributed by atoms with Crippen LogP contribution in [0.1, 0.15) is 50.2 Å². The van der Waals surface area contributed by atoms with Gasteiger partial charge in [-0.2, -0.15) is 0 Å². The quantitative estimate of drug-likeness (QED) is 0.906. The number of rotatable bonds is 3. The molecular formula is C21H28N2O3. The molecule has 2 unspecified atom stereocenters. The number of likely N-dealkylation sites (tertiary alicyclic amines) is 1. The summed E-state index contributed by atoms with van der Waals surface area (Å²) in [5.41, 5.74) is 3.13. The van der Waals surface area contributed by atoms with Gasteiger partial charge in [0.05, 0.1) is 12.5 Å². The lowest BCUT2D eigenvalue weighted by atomic mass is 9.85. The van der Waals surface area contributed by atoms with Crippen LogP contribution in [0.5, 0.6) is 0 Å².